The highest BCUT2D eigenvalue weighted by Crippen LogP contribution is 2.31. The summed E-state index contributed by atoms with van der Waals surface area (Å²) in [5.41, 5.74) is 3.64. The molecule has 0 unspecified atom stereocenters. The number of fused-ring (bicyclic) bond motifs is 1. The second kappa shape index (κ2) is 8.16. The van der Waals surface area contributed by atoms with E-state index in [4.69, 9.17) is 0 Å². The number of thiophene rings is 1. The number of aryl methyl sites for hydroxylation is 1. The zero-order chi connectivity index (χ0) is 22.3. The van der Waals surface area contributed by atoms with Gasteiger partial charge < -0.3 is 9.88 Å². The first-order chi connectivity index (χ1) is 15.4. The van der Waals surface area contributed by atoms with Gasteiger partial charge in [-0.1, -0.05) is 29.8 Å². The van der Waals surface area contributed by atoms with Gasteiger partial charge in [0.05, 0.1) is 4.88 Å². The van der Waals surface area contributed by atoms with E-state index in [2.05, 4.69) is 9.97 Å². The fourth-order valence-corrected chi connectivity index (χ4v) is 6.45. The highest BCUT2D eigenvalue weighted by molar-refractivity contribution is 7.89. The van der Waals surface area contributed by atoms with Crippen molar-refractivity contribution < 1.29 is 13.2 Å². The second-order valence-electron chi connectivity index (χ2n) is 7.78. The molecule has 0 bridgehead atoms. The first kappa shape index (κ1) is 20.9. The lowest BCUT2D eigenvalue weighted by Gasteiger charge is -2.33. The minimum Gasteiger partial charge on any atom is -0.345 e. The smallest absolute Gasteiger partial charge is 0.264 e. The molecule has 9 heteroatoms. The molecular weight excluding hydrogens is 444 g/mol. The molecule has 1 aromatic carbocycles. The van der Waals surface area contributed by atoms with Gasteiger partial charge in [-0.05, 0) is 36.1 Å². The Balaban J connectivity index is 1.33. The van der Waals surface area contributed by atoms with Gasteiger partial charge in [0.2, 0.25) is 10.0 Å². The highest BCUT2D eigenvalue weighted by Gasteiger charge is 2.33. The Morgan fingerprint density at radius 3 is 2.56 bits per heavy atom. The maximum Gasteiger partial charge on any atom is 0.264 e. The third kappa shape index (κ3) is 3.62. The van der Waals surface area contributed by atoms with Gasteiger partial charge in [-0.3, -0.25) is 4.79 Å². The molecule has 1 saturated heterocycles. The molecular formula is C23H22N4O3S2. The summed E-state index contributed by atoms with van der Waals surface area (Å²) in [5, 5.41) is 2.50. The molecule has 4 heterocycles. The number of carbonyl (C=O) groups excluding carboxylic acids is 1. The number of H-pyrrole nitrogens is 1. The number of benzene rings is 1. The summed E-state index contributed by atoms with van der Waals surface area (Å²) in [5.74, 6) is -0.0519. The molecule has 164 valence electrons. The zero-order valence-electron chi connectivity index (χ0n) is 17.5. The third-order valence-corrected chi connectivity index (χ3v) is 8.62. The van der Waals surface area contributed by atoms with Gasteiger partial charge in [-0.2, -0.15) is 4.31 Å². The van der Waals surface area contributed by atoms with Crippen molar-refractivity contribution in [3.05, 3.63) is 70.7 Å². The Morgan fingerprint density at radius 1 is 1.06 bits per heavy atom. The minimum atomic E-state index is -3.68. The van der Waals surface area contributed by atoms with E-state index < -0.39 is 10.0 Å². The van der Waals surface area contributed by atoms with Gasteiger partial charge >= 0.3 is 0 Å². The molecule has 1 N–H and O–H groups in total. The summed E-state index contributed by atoms with van der Waals surface area (Å²) >= 11 is 1.42. The summed E-state index contributed by atoms with van der Waals surface area (Å²) in [6.07, 6.45) is 3.11. The Hall–Kier alpha value is -3.01. The number of aromatic nitrogens is 2. The van der Waals surface area contributed by atoms with Gasteiger partial charge in [-0.15, -0.1) is 11.3 Å². The second-order valence-corrected chi connectivity index (χ2v) is 10.6. The van der Waals surface area contributed by atoms with E-state index in [1.807, 2.05) is 42.6 Å². The highest BCUT2D eigenvalue weighted by atomic mass is 32.2. The molecule has 1 amide bonds. The monoisotopic (exact) mass is 466 g/mol. The Kier molecular flexibility index (Phi) is 5.32. The minimum absolute atomic E-state index is 0.0519. The van der Waals surface area contributed by atoms with Gasteiger partial charge in [-0.25, -0.2) is 13.4 Å². The third-order valence-electron chi connectivity index (χ3n) is 5.78. The van der Waals surface area contributed by atoms with Crippen molar-refractivity contribution in [2.45, 2.75) is 11.8 Å². The predicted molar refractivity (Wildman–Crippen MR) is 125 cm³/mol. The topological polar surface area (TPSA) is 86.4 Å². The number of hydrogen-bond donors (Lipinski definition) is 1. The van der Waals surface area contributed by atoms with Gasteiger partial charge in [0, 0.05) is 49.5 Å². The van der Waals surface area contributed by atoms with E-state index in [0.717, 1.165) is 11.1 Å². The van der Waals surface area contributed by atoms with E-state index in [-0.39, 0.29) is 23.9 Å². The molecule has 0 spiro atoms. The molecule has 3 aromatic heterocycles. The number of nitrogens with one attached hydrogen (secondary N) is 1. The van der Waals surface area contributed by atoms with Crippen molar-refractivity contribution in [2.75, 3.05) is 26.2 Å². The molecule has 4 aromatic rings. The van der Waals surface area contributed by atoms with E-state index >= 15 is 0 Å². The van der Waals surface area contributed by atoms with Crippen LogP contribution in [0.5, 0.6) is 0 Å². The maximum atomic E-state index is 13.2. The fourth-order valence-electron chi connectivity index (χ4n) is 3.99. The lowest BCUT2D eigenvalue weighted by Crippen LogP contribution is -2.50. The van der Waals surface area contributed by atoms with Crippen LogP contribution in [0, 0.1) is 6.92 Å². The SMILES string of the molecule is Cc1ccc(-c2ccsc2C(=O)N2CCN(S(=O)(=O)c3c[nH]c4ncccc34)CC2)cc1. The number of pyridine rings is 1. The maximum absolute atomic E-state index is 13.2. The van der Waals surface area contributed by atoms with Gasteiger partial charge in [0.15, 0.2) is 0 Å². The van der Waals surface area contributed by atoms with Gasteiger partial charge in [0.25, 0.3) is 5.91 Å². The lowest BCUT2D eigenvalue weighted by atomic mass is 10.0. The largest absolute Gasteiger partial charge is 0.345 e. The summed E-state index contributed by atoms with van der Waals surface area (Å²) < 4.78 is 27.9. The number of nitrogens with zero attached hydrogens (tertiary/aromatic N) is 3. The molecule has 1 fully saturated rings. The van der Waals surface area contributed by atoms with Crippen LogP contribution in [-0.2, 0) is 10.0 Å². The number of aromatic amines is 1. The molecule has 7 nitrogen and oxygen atoms in total. The predicted octanol–water partition coefficient (Wildman–Crippen LogP) is 3.75. The van der Waals surface area contributed by atoms with E-state index in [0.29, 0.717) is 29.0 Å². The lowest BCUT2D eigenvalue weighted by molar-refractivity contribution is 0.0703. The number of hydrogen-bond acceptors (Lipinski definition) is 5. The number of amides is 1. The van der Waals surface area contributed by atoms with Crippen molar-refractivity contribution in [3.8, 4) is 11.1 Å². The zero-order valence-corrected chi connectivity index (χ0v) is 19.1. The van der Waals surface area contributed by atoms with Crippen LogP contribution >= 0.6 is 11.3 Å². The van der Waals surface area contributed by atoms with Crippen LogP contribution in [0.3, 0.4) is 0 Å². The fraction of sp³-hybridized carbons (Fsp3) is 0.217. The molecule has 0 atom stereocenters. The summed E-state index contributed by atoms with van der Waals surface area (Å²) in [4.78, 5) is 23.0. The Bertz CT molecular complexity index is 1380. The van der Waals surface area contributed by atoms with Crippen molar-refractivity contribution >= 4 is 38.3 Å². The molecule has 0 aliphatic carbocycles. The van der Waals surface area contributed by atoms with Crippen molar-refractivity contribution in [2.24, 2.45) is 0 Å². The molecule has 32 heavy (non-hydrogen) atoms. The van der Waals surface area contributed by atoms with Gasteiger partial charge in [0.1, 0.15) is 10.5 Å². The molecule has 1 aliphatic heterocycles. The summed E-state index contributed by atoms with van der Waals surface area (Å²) in [7, 11) is -3.68. The van der Waals surface area contributed by atoms with Crippen LogP contribution in [0.1, 0.15) is 15.2 Å². The molecule has 1 aliphatic rings. The Labute approximate surface area is 190 Å². The molecule has 0 saturated carbocycles. The van der Waals surface area contributed by atoms with E-state index in [9.17, 15) is 13.2 Å². The standard InChI is InChI=1S/C23H22N4O3S2/c1-16-4-6-17(7-5-16)18-8-14-31-21(18)23(28)26-10-12-27(13-11-26)32(29,30)20-15-25-22-19(20)3-2-9-24-22/h2-9,14-15H,10-13H2,1H3,(H,24,25). The Morgan fingerprint density at radius 2 is 1.81 bits per heavy atom. The first-order valence-corrected chi connectivity index (χ1v) is 12.6. The van der Waals surface area contributed by atoms with Crippen molar-refractivity contribution in [3.63, 3.8) is 0 Å². The van der Waals surface area contributed by atoms with Crippen LogP contribution in [-0.4, -0.2) is 59.7 Å². The number of piperazine rings is 1. The quantitative estimate of drug-likeness (QED) is 0.496. The molecule has 0 radical (unpaired) electrons. The van der Waals surface area contributed by atoms with Crippen LogP contribution < -0.4 is 0 Å². The van der Waals surface area contributed by atoms with Crippen LogP contribution in [0.4, 0.5) is 0 Å². The summed E-state index contributed by atoms with van der Waals surface area (Å²) in [6, 6.07) is 13.5. The van der Waals surface area contributed by atoms with Crippen LogP contribution in [0.2, 0.25) is 0 Å². The van der Waals surface area contributed by atoms with Crippen LogP contribution in [0.15, 0.2) is 65.1 Å². The number of rotatable bonds is 4. The van der Waals surface area contributed by atoms with Crippen molar-refractivity contribution in [1.82, 2.24) is 19.2 Å². The van der Waals surface area contributed by atoms with E-state index in [1.165, 1.54) is 27.4 Å². The first-order valence-electron chi connectivity index (χ1n) is 10.3. The van der Waals surface area contributed by atoms with Crippen molar-refractivity contribution in [1.29, 1.82) is 0 Å². The molecule has 5 rings (SSSR count). The average molecular weight is 467 g/mol. The van der Waals surface area contributed by atoms with Crippen LogP contribution in [0.25, 0.3) is 22.2 Å². The normalized spacial score (nSPS) is 15.3. The number of carbonyl (C=O) groups is 1. The van der Waals surface area contributed by atoms with E-state index in [1.54, 1.807) is 23.2 Å². The number of sulfonamides is 1. The average Bonchev–Trinajstić information content (AvgIpc) is 3.47. The summed E-state index contributed by atoms with van der Waals surface area (Å²) in [6.45, 7) is 3.25.